The molecule has 0 unspecified atom stereocenters. The van der Waals surface area contributed by atoms with Gasteiger partial charge in [0.2, 0.25) is 0 Å². The molecule has 1 heteroatoms. The summed E-state index contributed by atoms with van der Waals surface area (Å²) in [5, 5.41) is 3.24. The minimum atomic E-state index is -0.105. The quantitative estimate of drug-likeness (QED) is 0.578. The topological polar surface area (TPSA) is 0 Å². The molecule has 64 valence electrons. The van der Waals surface area contributed by atoms with Crippen LogP contribution in [0.3, 0.4) is 0 Å². The third-order valence-corrected chi connectivity index (χ3v) is 8.64. The van der Waals surface area contributed by atoms with Crippen molar-refractivity contribution in [3.05, 3.63) is 0 Å². The van der Waals surface area contributed by atoms with E-state index in [1.54, 1.807) is 10.0 Å². The second-order valence-corrected chi connectivity index (χ2v) is 7.86. The van der Waals surface area contributed by atoms with Gasteiger partial charge in [-0.25, -0.2) is 0 Å². The fraction of sp³-hybridized carbons (Fsp3) is 1.00. The van der Waals surface area contributed by atoms with Crippen LogP contribution in [0.25, 0.3) is 0 Å². The van der Waals surface area contributed by atoms with Gasteiger partial charge in [-0.1, -0.05) is 0 Å². The molecule has 0 spiro atoms. The van der Waals surface area contributed by atoms with Crippen LogP contribution in [0.1, 0.15) is 40.5 Å². The van der Waals surface area contributed by atoms with E-state index in [4.69, 9.17) is 0 Å². The van der Waals surface area contributed by atoms with Gasteiger partial charge in [-0.05, 0) is 0 Å². The molecule has 0 aliphatic heterocycles. The number of rotatable bonds is 6. The van der Waals surface area contributed by atoms with Gasteiger partial charge in [-0.15, -0.1) is 0 Å². The molecule has 0 fully saturated rings. The van der Waals surface area contributed by atoms with Crippen molar-refractivity contribution in [3.63, 3.8) is 0 Å². The molecule has 0 heterocycles. The van der Waals surface area contributed by atoms with Crippen LogP contribution >= 0.6 is 0 Å². The van der Waals surface area contributed by atoms with Gasteiger partial charge in [-0.2, -0.15) is 0 Å². The molecule has 0 aliphatic rings. The van der Waals surface area contributed by atoms with Crippen LogP contribution in [0.15, 0.2) is 0 Å². The molecule has 0 aromatic carbocycles. The van der Waals surface area contributed by atoms with E-state index in [0.29, 0.717) is 0 Å². The van der Waals surface area contributed by atoms with E-state index in [0.717, 1.165) is 11.8 Å². The molecule has 0 aliphatic carbocycles. The third-order valence-electron chi connectivity index (χ3n) is 2.79. The Balaban J connectivity index is 3.13. The van der Waals surface area contributed by atoms with Crippen LogP contribution in [-0.2, 0) is 17.1 Å². The second kappa shape index (κ2) is 7.28. The SMILES string of the molecule is CC[C@H](C)[CH2][Zn][CH2][C@@H](C)CC. The Morgan fingerprint density at radius 2 is 1.27 bits per heavy atom. The zero-order valence-electron chi connectivity index (χ0n) is 8.69. The first-order valence-electron chi connectivity index (χ1n) is 5.20. The Bertz CT molecular complexity index is 70.9. The summed E-state index contributed by atoms with van der Waals surface area (Å²) < 4.78 is 0. The number of hydrogen-bond acceptors (Lipinski definition) is 0. The van der Waals surface area contributed by atoms with Crippen molar-refractivity contribution < 1.29 is 17.1 Å². The van der Waals surface area contributed by atoms with Crippen molar-refractivity contribution >= 4 is 0 Å². The van der Waals surface area contributed by atoms with Gasteiger partial charge >= 0.3 is 79.5 Å². The molecule has 0 N–H and O–H groups in total. The molecule has 0 nitrogen and oxygen atoms in total. The molecule has 0 radical (unpaired) electrons. The molecular formula is C10H22Zn. The monoisotopic (exact) mass is 206 g/mol. The maximum atomic E-state index is 2.40. The maximum absolute atomic E-state index is 2.40. The summed E-state index contributed by atoms with van der Waals surface area (Å²) in [4.78, 5) is 0. The van der Waals surface area contributed by atoms with Crippen molar-refractivity contribution in [2.24, 2.45) is 11.8 Å². The van der Waals surface area contributed by atoms with E-state index in [2.05, 4.69) is 27.7 Å². The Labute approximate surface area is 79.7 Å². The summed E-state index contributed by atoms with van der Waals surface area (Å²) in [6.07, 6.45) is 2.79. The van der Waals surface area contributed by atoms with Gasteiger partial charge in [-0.3, -0.25) is 0 Å². The van der Waals surface area contributed by atoms with Gasteiger partial charge in [0, 0.05) is 0 Å². The van der Waals surface area contributed by atoms with Gasteiger partial charge < -0.3 is 0 Å². The third kappa shape index (κ3) is 7.00. The van der Waals surface area contributed by atoms with Gasteiger partial charge in [0.1, 0.15) is 0 Å². The molecule has 0 bridgehead atoms. The van der Waals surface area contributed by atoms with Crippen LogP contribution in [0.2, 0.25) is 10.0 Å². The van der Waals surface area contributed by atoms with Crippen LogP contribution < -0.4 is 0 Å². The van der Waals surface area contributed by atoms with Crippen molar-refractivity contribution in [2.45, 2.75) is 50.6 Å². The van der Waals surface area contributed by atoms with Crippen LogP contribution in [-0.4, -0.2) is 0 Å². The van der Waals surface area contributed by atoms with E-state index >= 15 is 0 Å². The first kappa shape index (κ1) is 11.6. The predicted molar refractivity (Wildman–Crippen MR) is 48.5 cm³/mol. The molecule has 2 atom stereocenters. The molecule has 11 heavy (non-hydrogen) atoms. The normalized spacial score (nSPS) is 15.6. The zero-order chi connectivity index (χ0) is 8.69. The summed E-state index contributed by atoms with van der Waals surface area (Å²) in [6, 6.07) is 0. The second-order valence-electron chi connectivity index (χ2n) is 3.96. The van der Waals surface area contributed by atoms with Crippen molar-refractivity contribution in [3.8, 4) is 0 Å². The van der Waals surface area contributed by atoms with Gasteiger partial charge in [0.05, 0.1) is 0 Å². The van der Waals surface area contributed by atoms with E-state index in [1.807, 2.05) is 0 Å². The summed E-state index contributed by atoms with van der Waals surface area (Å²) in [5.74, 6) is 2.05. The fourth-order valence-corrected chi connectivity index (χ4v) is 6.36. The van der Waals surface area contributed by atoms with E-state index in [-0.39, 0.29) is 17.1 Å². The Hall–Kier alpha value is 0.623. The Kier molecular flexibility index (Phi) is 7.69. The minimum absolute atomic E-state index is 0.105. The number of hydrogen-bond donors (Lipinski definition) is 0. The van der Waals surface area contributed by atoms with Crippen LogP contribution in [0.5, 0.6) is 0 Å². The molecular weight excluding hydrogens is 185 g/mol. The average molecular weight is 208 g/mol. The predicted octanol–water partition coefficient (Wildman–Crippen LogP) is 4.00. The molecule has 0 aromatic rings. The Morgan fingerprint density at radius 3 is 1.55 bits per heavy atom. The molecule has 0 rings (SSSR count). The summed E-state index contributed by atoms with van der Waals surface area (Å²) >= 11 is -0.105. The molecule has 0 saturated carbocycles. The first-order valence-corrected chi connectivity index (χ1v) is 9.40. The van der Waals surface area contributed by atoms with Crippen LogP contribution in [0, 0.1) is 11.8 Å². The summed E-state index contributed by atoms with van der Waals surface area (Å²) in [7, 11) is 0. The van der Waals surface area contributed by atoms with Crippen molar-refractivity contribution in [1.82, 2.24) is 0 Å². The van der Waals surface area contributed by atoms with E-state index in [9.17, 15) is 0 Å². The van der Waals surface area contributed by atoms with Gasteiger partial charge in [0.15, 0.2) is 0 Å². The molecule has 0 amide bonds. The van der Waals surface area contributed by atoms with Crippen molar-refractivity contribution in [2.75, 3.05) is 0 Å². The summed E-state index contributed by atoms with van der Waals surface area (Å²) in [6.45, 7) is 9.44. The van der Waals surface area contributed by atoms with Crippen LogP contribution in [0.4, 0.5) is 0 Å². The first-order chi connectivity index (χ1) is 5.20. The fourth-order valence-electron chi connectivity index (χ4n) is 1.22. The standard InChI is InChI=1S/2C5H11.Zn/c2*1-4-5(2)3;/h2*5H,2,4H2,1,3H3;/t2*5-;/m00./s1. The average Bonchev–Trinajstić information content (AvgIpc) is 2.04. The van der Waals surface area contributed by atoms with E-state index < -0.39 is 0 Å². The van der Waals surface area contributed by atoms with Crippen molar-refractivity contribution in [1.29, 1.82) is 0 Å². The zero-order valence-corrected chi connectivity index (χ0v) is 11.7. The summed E-state index contributed by atoms with van der Waals surface area (Å²) in [5.41, 5.74) is 0. The van der Waals surface area contributed by atoms with E-state index in [1.165, 1.54) is 12.8 Å². The molecule has 0 saturated heterocycles. The van der Waals surface area contributed by atoms with Gasteiger partial charge in [0.25, 0.3) is 0 Å². The Morgan fingerprint density at radius 1 is 0.909 bits per heavy atom. The molecule has 0 aromatic heterocycles.